The number of carboxylic acid groups (broad SMARTS) is 2. The number of alkyl halides is 6. The van der Waals surface area contributed by atoms with Crippen molar-refractivity contribution in [2.45, 2.75) is 76.2 Å². The van der Waals surface area contributed by atoms with Crippen LogP contribution in [0.2, 0.25) is 0 Å². The van der Waals surface area contributed by atoms with Crippen molar-refractivity contribution in [1.29, 1.82) is 0 Å². The lowest BCUT2D eigenvalue weighted by Gasteiger charge is -2.38. The Labute approximate surface area is 248 Å². The summed E-state index contributed by atoms with van der Waals surface area (Å²) in [5.41, 5.74) is 2.02. The molecule has 1 aromatic carbocycles. The topological polar surface area (TPSA) is 147 Å². The molecule has 11 nitrogen and oxygen atoms in total. The van der Waals surface area contributed by atoms with Crippen LogP contribution in [0.4, 0.5) is 26.3 Å². The van der Waals surface area contributed by atoms with Crippen LogP contribution in [-0.2, 0) is 15.0 Å². The van der Waals surface area contributed by atoms with Gasteiger partial charge in [-0.25, -0.2) is 9.59 Å². The van der Waals surface area contributed by atoms with Crippen LogP contribution >= 0.6 is 0 Å². The number of carboxylic acids is 2. The second-order valence-electron chi connectivity index (χ2n) is 11.4. The number of nitrogens with one attached hydrogen (secondary N) is 1. The Morgan fingerprint density at radius 1 is 0.909 bits per heavy atom. The maximum atomic E-state index is 10.6. The van der Waals surface area contributed by atoms with E-state index >= 15 is 0 Å². The van der Waals surface area contributed by atoms with Crippen molar-refractivity contribution in [3.05, 3.63) is 35.9 Å². The summed E-state index contributed by atoms with van der Waals surface area (Å²) < 4.78 is 71.0. The molecule has 2 fully saturated rings. The maximum Gasteiger partial charge on any atom is 0.490 e. The smallest absolute Gasteiger partial charge is 0.475 e. The zero-order chi connectivity index (χ0) is 32.9. The molecule has 17 heteroatoms. The molecular formula is C27H34F6N6O5. The van der Waals surface area contributed by atoms with E-state index in [0.717, 1.165) is 67.6 Å². The molecule has 0 atom stereocenters. The zero-order valence-electron chi connectivity index (χ0n) is 24.2. The highest BCUT2D eigenvalue weighted by Crippen LogP contribution is 2.32. The number of carbonyl (C=O) groups is 2. The predicted molar refractivity (Wildman–Crippen MR) is 144 cm³/mol. The van der Waals surface area contributed by atoms with Gasteiger partial charge in [-0.2, -0.15) is 41.1 Å². The fraction of sp³-hybridized carbons (Fsp3) is 0.593. The van der Waals surface area contributed by atoms with Crippen LogP contribution in [0.25, 0.3) is 16.9 Å². The summed E-state index contributed by atoms with van der Waals surface area (Å²) in [6.45, 7) is 11.1. The number of halogens is 6. The number of aromatic nitrogens is 4. The van der Waals surface area contributed by atoms with Gasteiger partial charge < -0.3 is 25.0 Å². The number of likely N-dealkylation sites (tertiary alicyclic amines) is 1. The molecule has 0 spiro atoms. The highest BCUT2D eigenvalue weighted by molar-refractivity contribution is 5.84. The molecule has 0 saturated carbocycles. The molecule has 3 aromatic rings. The van der Waals surface area contributed by atoms with Crippen LogP contribution in [0.5, 0.6) is 0 Å². The molecule has 0 unspecified atom stereocenters. The molecule has 0 aliphatic carbocycles. The van der Waals surface area contributed by atoms with E-state index in [0.29, 0.717) is 11.9 Å². The minimum atomic E-state index is -5.08. The standard InChI is InChI=1S/C23H32N6O.2C2HF3O2/c1-23(2,3)20-18-6-4-5-7-19(18)29(26-20)22-25-21(30-27-22)16-10-14-28(15-11-16)17-8-12-24-13-9-17;2*3-2(4,5)1(6)7/h4-7,16-17,24H,8-15H2,1-3H3;2*(H,6,7). The number of rotatable bonds is 3. The summed E-state index contributed by atoms with van der Waals surface area (Å²) in [5, 5.41) is 28.0. The SMILES string of the molecule is CC(C)(C)c1nn(-c2noc(C3CCN(C4CCNCC4)CC3)n2)c2ccccc12.O=C(O)C(F)(F)F.O=C(O)C(F)(F)F. The van der Waals surface area contributed by atoms with Crippen LogP contribution < -0.4 is 5.32 Å². The first-order chi connectivity index (χ1) is 20.4. The number of fused-ring (bicyclic) bond motifs is 1. The number of para-hydroxylation sites is 1. The van der Waals surface area contributed by atoms with E-state index in [2.05, 4.69) is 54.3 Å². The lowest BCUT2D eigenvalue weighted by atomic mass is 9.90. The molecule has 2 aliphatic rings. The number of nitrogens with zero attached hydrogens (tertiary/aromatic N) is 5. The fourth-order valence-corrected chi connectivity index (χ4v) is 4.93. The number of hydrogen-bond acceptors (Lipinski definition) is 8. The average molecular weight is 637 g/mol. The van der Waals surface area contributed by atoms with Gasteiger partial charge in [0.15, 0.2) is 0 Å². The van der Waals surface area contributed by atoms with Crippen molar-refractivity contribution >= 4 is 22.8 Å². The third-order valence-corrected chi connectivity index (χ3v) is 7.11. The lowest BCUT2D eigenvalue weighted by Crippen LogP contribution is -2.46. The Bertz CT molecular complexity index is 1380. The minimum Gasteiger partial charge on any atom is -0.475 e. The third-order valence-electron chi connectivity index (χ3n) is 7.11. The minimum absolute atomic E-state index is 0.0567. The Morgan fingerprint density at radius 3 is 1.93 bits per heavy atom. The predicted octanol–water partition coefficient (Wildman–Crippen LogP) is 4.90. The normalized spacial score (nSPS) is 17.4. The van der Waals surface area contributed by atoms with Crippen molar-refractivity contribution in [3.63, 3.8) is 0 Å². The van der Waals surface area contributed by atoms with Gasteiger partial charge in [0.25, 0.3) is 5.95 Å². The Kier molecular flexibility index (Phi) is 11.0. The van der Waals surface area contributed by atoms with Gasteiger partial charge >= 0.3 is 24.3 Å². The molecule has 0 amide bonds. The summed E-state index contributed by atoms with van der Waals surface area (Å²) in [5.74, 6) is -3.88. The van der Waals surface area contributed by atoms with E-state index in [9.17, 15) is 26.3 Å². The highest BCUT2D eigenvalue weighted by Gasteiger charge is 2.39. The molecule has 244 valence electrons. The van der Waals surface area contributed by atoms with Crippen molar-refractivity contribution in [1.82, 2.24) is 30.1 Å². The number of piperidine rings is 2. The second-order valence-corrected chi connectivity index (χ2v) is 11.4. The van der Waals surface area contributed by atoms with Crippen LogP contribution in [-0.4, -0.2) is 91.5 Å². The van der Waals surface area contributed by atoms with Gasteiger partial charge in [-0.3, -0.25) is 0 Å². The fourth-order valence-electron chi connectivity index (χ4n) is 4.93. The van der Waals surface area contributed by atoms with Gasteiger partial charge in [-0.05, 0) is 63.1 Å². The Hall–Kier alpha value is -3.73. The van der Waals surface area contributed by atoms with Crippen molar-refractivity contribution in [3.8, 4) is 5.95 Å². The molecule has 3 N–H and O–H groups in total. The van der Waals surface area contributed by atoms with E-state index in [1.165, 1.54) is 12.8 Å². The quantitative estimate of drug-likeness (QED) is 0.339. The monoisotopic (exact) mass is 636 g/mol. The molecular weight excluding hydrogens is 602 g/mol. The number of aliphatic carboxylic acids is 2. The number of hydrogen-bond donors (Lipinski definition) is 3. The third kappa shape index (κ3) is 9.14. The first kappa shape index (κ1) is 34.8. The van der Waals surface area contributed by atoms with Gasteiger partial charge in [-0.15, -0.1) is 0 Å². The maximum absolute atomic E-state index is 10.6. The van der Waals surface area contributed by atoms with E-state index in [-0.39, 0.29) is 5.41 Å². The Balaban J connectivity index is 0.000000317. The van der Waals surface area contributed by atoms with Crippen LogP contribution in [0.1, 0.15) is 64.0 Å². The second kappa shape index (κ2) is 13.9. The average Bonchev–Trinajstić information content (AvgIpc) is 3.59. The van der Waals surface area contributed by atoms with Gasteiger partial charge in [0.1, 0.15) is 0 Å². The van der Waals surface area contributed by atoms with Gasteiger partial charge in [0.05, 0.1) is 11.2 Å². The first-order valence-corrected chi connectivity index (χ1v) is 13.8. The summed E-state index contributed by atoms with van der Waals surface area (Å²) >= 11 is 0. The lowest BCUT2D eigenvalue weighted by molar-refractivity contribution is -0.193. The molecule has 2 aliphatic heterocycles. The summed E-state index contributed by atoms with van der Waals surface area (Å²) in [7, 11) is 0. The van der Waals surface area contributed by atoms with Crippen molar-refractivity contribution < 1.29 is 50.7 Å². The first-order valence-electron chi connectivity index (χ1n) is 13.8. The van der Waals surface area contributed by atoms with Crippen LogP contribution in [0.3, 0.4) is 0 Å². The van der Waals surface area contributed by atoms with Crippen LogP contribution in [0, 0.1) is 0 Å². The number of benzene rings is 1. The van der Waals surface area contributed by atoms with Gasteiger partial charge in [0.2, 0.25) is 5.89 Å². The van der Waals surface area contributed by atoms with E-state index < -0.39 is 24.3 Å². The molecule has 5 rings (SSSR count). The zero-order valence-corrected chi connectivity index (χ0v) is 24.2. The van der Waals surface area contributed by atoms with Crippen molar-refractivity contribution in [2.24, 2.45) is 0 Å². The van der Waals surface area contributed by atoms with E-state index in [1.54, 1.807) is 0 Å². The summed E-state index contributed by atoms with van der Waals surface area (Å²) in [4.78, 5) is 25.2. The van der Waals surface area contributed by atoms with Gasteiger partial charge in [0, 0.05) is 22.8 Å². The summed E-state index contributed by atoms with van der Waals surface area (Å²) in [6, 6.07) is 9.02. The molecule has 2 saturated heterocycles. The van der Waals surface area contributed by atoms with E-state index in [4.69, 9.17) is 34.4 Å². The molecule has 0 radical (unpaired) electrons. The molecule has 44 heavy (non-hydrogen) atoms. The molecule has 4 heterocycles. The van der Waals surface area contributed by atoms with Crippen LogP contribution in [0.15, 0.2) is 28.8 Å². The summed E-state index contributed by atoms with van der Waals surface area (Å²) in [6.07, 6.45) is -5.48. The molecule has 0 bridgehead atoms. The Morgan fingerprint density at radius 2 is 1.43 bits per heavy atom. The van der Waals surface area contributed by atoms with Gasteiger partial charge in [-0.1, -0.05) is 39.0 Å². The highest BCUT2D eigenvalue weighted by atomic mass is 19.4. The van der Waals surface area contributed by atoms with E-state index in [1.807, 2.05) is 10.7 Å². The molecule has 2 aromatic heterocycles. The largest absolute Gasteiger partial charge is 0.490 e. The van der Waals surface area contributed by atoms with Crippen molar-refractivity contribution in [2.75, 3.05) is 26.2 Å².